The van der Waals surface area contributed by atoms with Gasteiger partial charge in [-0.15, -0.1) is 0 Å². The third-order valence-electron chi connectivity index (χ3n) is 3.90. The number of carbonyl (C=O) groups is 1. The number of amides is 1. The predicted octanol–water partition coefficient (Wildman–Crippen LogP) is 0.681. The Labute approximate surface area is 104 Å². The molecule has 2 rings (SSSR count). The van der Waals surface area contributed by atoms with E-state index < -0.39 is 0 Å². The highest BCUT2D eigenvalue weighted by molar-refractivity contribution is 5.82. The van der Waals surface area contributed by atoms with E-state index in [1.165, 1.54) is 0 Å². The Morgan fingerprint density at radius 1 is 1.18 bits per heavy atom. The second-order valence-corrected chi connectivity index (χ2v) is 6.13. The summed E-state index contributed by atoms with van der Waals surface area (Å²) in [4.78, 5) is 16.7. The minimum atomic E-state index is 0.0937. The smallest absolute Gasteiger partial charge is 0.239 e. The first-order valence-electron chi connectivity index (χ1n) is 6.76. The summed E-state index contributed by atoms with van der Waals surface area (Å²) in [5.41, 5.74) is 0.223. The summed E-state index contributed by atoms with van der Waals surface area (Å²) in [6, 6.07) is 0.0937. The molecule has 0 aromatic rings. The van der Waals surface area contributed by atoms with Crippen molar-refractivity contribution in [3.63, 3.8) is 0 Å². The zero-order valence-electron chi connectivity index (χ0n) is 11.3. The number of hydrogen-bond donors (Lipinski definition) is 1. The molecule has 2 aliphatic heterocycles. The topological polar surface area (TPSA) is 35.6 Å². The van der Waals surface area contributed by atoms with Gasteiger partial charge in [0.15, 0.2) is 0 Å². The summed E-state index contributed by atoms with van der Waals surface area (Å²) in [6.45, 7) is 11.5. The molecule has 2 saturated heterocycles. The molecule has 2 fully saturated rings. The van der Waals surface area contributed by atoms with Crippen LogP contribution in [0.3, 0.4) is 0 Å². The van der Waals surface area contributed by atoms with Crippen molar-refractivity contribution in [2.45, 2.75) is 45.2 Å². The molecule has 0 bridgehead atoms. The highest BCUT2D eigenvalue weighted by Crippen LogP contribution is 2.17. The minimum absolute atomic E-state index is 0.0937. The molecule has 17 heavy (non-hydrogen) atoms. The molecule has 2 aliphatic rings. The van der Waals surface area contributed by atoms with Gasteiger partial charge in [-0.2, -0.15) is 0 Å². The van der Waals surface area contributed by atoms with Gasteiger partial charge in [-0.1, -0.05) is 0 Å². The Hall–Kier alpha value is -0.610. The van der Waals surface area contributed by atoms with Crippen molar-refractivity contribution in [1.29, 1.82) is 0 Å². The van der Waals surface area contributed by atoms with E-state index in [1.807, 2.05) is 4.90 Å². The normalized spacial score (nSPS) is 27.5. The van der Waals surface area contributed by atoms with Crippen LogP contribution in [0.4, 0.5) is 0 Å². The molecule has 98 valence electrons. The van der Waals surface area contributed by atoms with Crippen molar-refractivity contribution in [2.24, 2.45) is 0 Å². The summed E-state index contributed by atoms with van der Waals surface area (Å²) in [7, 11) is 0. The van der Waals surface area contributed by atoms with E-state index in [0.29, 0.717) is 5.91 Å². The molecule has 0 aromatic heterocycles. The monoisotopic (exact) mass is 239 g/mol. The van der Waals surface area contributed by atoms with Crippen molar-refractivity contribution < 1.29 is 4.79 Å². The number of carbonyl (C=O) groups excluding carboxylic acids is 1. The first kappa shape index (κ1) is 12.8. The highest BCUT2D eigenvalue weighted by atomic mass is 16.2. The Balaban J connectivity index is 1.84. The van der Waals surface area contributed by atoms with Crippen molar-refractivity contribution in [1.82, 2.24) is 15.1 Å². The zero-order valence-corrected chi connectivity index (χ0v) is 11.3. The van der Waals surface area contributed by atoms with Gasteiger partial charge in [0.1, 0.15) is 0 Å². The second-order valence-electron chi connectivity index (χ2n) is 6.13. The summed E-state index contributed by atoms with van der Waals surface area (Å²) in [5, 5.41) is 3.29. The van der Waals surface area contributed by atoms with E-state index in [1.54, 1.807) is 0 Å². The van der Waals surface area contributed by atoms with Gasteiger partial charge in [0.05, 0.1) is 6.04 Å². The Morgan fingerprint density at radius 2 is 1.82 bits per heavy atom. The molecule has 1 amide bonds. The summed E-state index contributed by atoms with van der Waals surface area (Å²) in [5.74, 6) is 0.316. The van der Waals surface area contributed by atoms with Gasteiger partial charge in [0, 0.05) is 31.7 Å². The lowest BCUT2D eigenvalue weighted by atomic mass is 10.0. The number of nitrogens with one attached hydrogen (secondary N) is 1. The van der Waals surface area contributed by atoms with Crippen molar-refractivity contribution in [2.75, 3.05) is 32.7 Å². The lowest BCUT2D eigenvalue weighted by molar-refractivity contribution is -0.135. The minimum Gasteiger partial charge on any atom is -0.339 e. The lowest BCUT2D eigenvalue weighted by Gasteiger charge is -2.42. The van der Waals surface area contributed by atoms with Crippen LogP contribution in [0.5, 0.6) is 0 Å². The number of rotatable bonds is 1. The molecule has 4 heteroatoms. The molecule has 1 unspecified atom stereocenters. The molecular weight excluding hydrogens is 214 g/mol. The van der Waals surface area contributed by atoms with Crippen LogP contribution >= 0.6 is 0 Å². The third-order valence-corrected chi connectivity index (χ3v) is 3.90. The van der Waals surface area contributed by atoms with Gasteiger partial charge in [-0.05, 0) is 40.2 Å². The van der Waals surface area contributed by atoms with Crippen LogP contribution in [0.2, 0.25) is 0 Å². The fraction of sp³-hybridized carbons (Fsp3) is 0.923. The maximum Gasteiger partial charge on any atom is 0.239 e. The van der Waals surface area contributed by atoms with Gasteiger partial charge < -0.3 is 10.2 Å². The number of nitrogens with zero attached hydrogens (tertiary/aromatic N) is 2. The highest BCUT2D eigenvalue weighted by Gasteiger charge is 2.31. The van der Waals surface area contributed by atoms with E-state index in [-0.39, 0.29) is 11.6 Å². The first-order chi connectivity index (χ1) is 7.98. The Kier molecular flexibility index (Phi) is 3.73. The van der Waals surface area contributed by atoms with Crippen LogP contribution in [0.25, 0.3) is 0 Å². The molecule has 0 radical (unpaired) electrons. The Bertz CT molecular complexity index is 271. The first-order valence-corrected chi connectivity index (χ1v) is 6.76. The number of hydrogen-bond acceptors (Lipinski definition) is 3. The fourth-order valence-electron chi connectivity index (χ4n) is 2.71. The van der Waals surface area contributed by atoms with E-state index in [2.05, 4.69) is 31.0 Å². The number of piperazine rings is 1. The summed E-state index contributed by atoms with van der Waals surface area (Å²) < 4.78 is 0. The van der Waals surface area contributed by atoms with Crippen LogP contribution in [-0.4, -0.2) is 60.0 Å². The average molecular weight is 239 g/mol. The van der Waals surface area contributed by atoms with Crippen LogP contribution in [-0.2, 0) is 4.79 Å². The van der Waals surface area contributed by atoms with Crippen molar-refractivity contribution in [3.8, 4) is 0 Å². The molecule has 0 aromatic carbocycles. The lowest BCUT2D eigenvalue weighted by Crippen LogP contribution is -2.57. The van der Waals surface area contributed by atoms with Gasteiger partial charge in [-0.25, -0.2) is 0 Å². The van der Waals surface area contributed by atoms with Crippen molar-refractivity contribution >= 4 is 5.91 Å². The second kappa shape index (κ2) is 4.94. The third kappa shape index (κ3) is 2.99. The van der Waals surface area contributed by atoms with Crippen LogP contribution < -0.4 is 5.32 Å². The van der Waals surface area contributed by atoms with Crippen LogP contribution in [0, 0.1) is 0 Å². The largest absolute Gasteiger partial charge is 0.339 e. The van der Waals surface area contributed by atoms with E-state index in [0.717, 1.165) is 45.6 Å². The zero-order chi connectivity index (χ0) is 12.5. The average Bonchev–Trinajstić information content (AvgIpc) is 2.80. The molecule has 0 aliphatic carbocycles. The Morgan fingerprint density at radius 3 is 2.29 bits per heavy atom. The maximum absolute atomic E-state index is 12.2. The fourth-order valence-corrected chi connectivity index (χ4v) is 2.71. The molecule has 1 N–H and O–H groups in total. The molecular formula is C13H25N3O. The van der Waals surface area contributed by atoms with Gasteiger partial charge >= 0.3 is 0 Å². The van der Waals surface area contributed by atoms with Crippen molar-refractivity contribution in [3.05, 3.63) is 0 Å². The molecule has 1 atom stereocenters. The molecule has 4 nitrogen and oxygen atoms in total. The van der Waals surface area contributed by atoms with Crippen LogP contribution in [0.1, 0.15) is 33.6 Å². The SMILES string of the molecule is CC(C)(C)N1CCN(C(=O)C2CCCN2)CC1. The van der Waals surface area contributed by atoms with E-state index in [4.69, 9.17) is 0 Å². The van der Waals surface area contributed by atoms with Gasteiger partial charge in [0.2, 0.25) is 5.91 Å². The van der Waals surface area contributed by atoms with Gasteiger partial charge in [0.25, 0.3) is 0 Å². The predicted molar refractivity (Wildman–Crippen MR) is 68.9 cm³/mol. The van der Waals surface area contributed by atoms with E-state index >= 15 is 0 Å². The molecule has 2 heterocycles. The van der Waals surface area contributed by atoms with Gasteiger partial charge in [-0.3, -0.25) is 9.69 Å². The van der Waals surface area contributed by atoms with Crippen LogP contribution in [0.15, 0.2) is 0 Å². The molecule has 0 saturated carbocycles. The summed E-state index contributed by atoms with van der Waals surface area (Å²) in [6.07, 6.45) is 2.15. The maximum atomic E-state index is 12.2. The standard InChI is InChI=1S/C13H25N3O/c1-13(2,3)16-9-7-15(8-10-16)12(17)11-5-4-6-14-11/h11,14H,4-10H2,1-3H3. The molecule has 0 spiro atoms. The van der Waals surface area contributed by atoms with E-state index in [9.17, 15) is 4.79 Å². The quantitative estimate of drug-likeness (QED) is 0.731. The summed E-state index contributed by atoms with van der Waals surface area (Å²) >= 11 is 0.